The van der Waals surface area contributed by atoms with Crippen LogP contribution in [0.1, 0.15) is 34.1 Å². The van der Waals surface area contributed by atoms with Crippen molar-refractivity contribution in [2.24, 2.45) is 0 Å². The molecule has 0 saturated carbocycles. The van der Waals surface area contributed by atoms with Crippen molar-refractivity contribution in [1.82, 2.24) is 0 Å². The van der Waals surface area contributed by atoms with Crippen LogP contribution >= 0.6 is 0 Å². The fourth-order valence-corrected chi connectivity index (χ4v) is 0.777. The summed E-state index contributed by atoms with van der Waals surface area (Å²) in [4.78, 5) is 0. The Hall–Kier alpha value is -1.36. The van der Waals surface area contributed by atoms with E-state index in [1.165, 1.54) is 0 Å². The zero-order valence-corrected chi connectivity index (χ0v) is 9.39. The maximum atomic E-state index is 5.28. The molecule has 0 aliphatic heterocycles. The Morgan fingerprint density at radius 1 is 1.21 bits per heavy atom. The molecule has 2 heteroatoms. The smallest absolute Gasteiger partial charge is 0.229 e. The van der Waals surface area contributed by atoms with Gasteiger partial charge >= 0.3 is 0 Å². The Morgan fingerprint density at radius 3 is 2.43 bits per heavy atom. The van der Waals surface area contributed by atoms with E-state index in [1.807, 2.05) is 19.9 Å². The van der Waals surface area contributed by atoms with Crippen LogP contribution in [0.25, 0.3) is 0 Å². The fourth-order valence-electron chi connectivity index (χ4n) is 0.777. The van der Waals surface area contributed by atoms with E-state index in [1.54, 1.807) is 13.0 Å². The van der Waals surface area contributed by atoms with E-state index in [0.717, 1.165) is 17.9 Å². The zero-order chi connectivity index (χ0) is 10.8. The minimum atomic E-state index is 0.246. The van der Waals surface area contributed by atoms with Gasteiger partial charge in [0.1, 0.15) is 5.76 Å². The molecule has 0 rings (SSSR count). The van der Waals surface area contributed by atoms with Crippen LogP contribution in [0.5, 0.6) is 0 Å². The summed E-state index contributed by atoms with van der Waals surface area (Å²) in [6.45, 7) is 7.87. The lowest BCUT2D eigenvalue weighted by Gasteiger charge is -2.07. The normalized spacial score (nSPS) is 11.7. The molecular weight excluding hydrogens is 176 g/mol. The SMILES string of the molecule is CC#C/C=C(\C)OCO/C(C)=C/CC. The molecule has 0 aromatic rings. The number of hydrogen-bond acceptors (Lipinski definition) is 2. The predicted octanol–water partition coefficient (Wildman–Crippen LogP) is 3.22. The lowest BCUT2D eigenvalue weighted by molar-refractivity contribution is 0.0152. The van der Waals surface area contributed by atoms with Gasteiger partial charge in [-0.2, -0.15) is 0 Å². The van der Waals surface area contributed by atoms with Crippen molar-refractivity contribution >= 4 is 0 Å². The van der Waals surface area contributed by atoms with E-state index in [2.05, 4.69) is 18.8 Å². The highest BCUT2D eigenvalue weighted by Crippen LogP contribution is 2.00. The fraction of sp³-hybridized carbons (Fsp3) is 0.500. The van der Waals surface area contributed by atoms with Gasteiger partial charge in [-0.3, -0.25) is 0 Å². The first-order valence-corrected chi connectivity index (χ1v) is 4.72. The van der Waals surface area contributed by atoms with Gasteiger partial charge in [-0.05, 0) is 33.3 Å². The van der Waals surface area contributed by atoms with Crippen LogP contribution in [-0.4, -0.2) is 6.79 Å². The highest BCUT2D eigenvalue weighted by molar-refractivity contribution is 5.15. The highest BCUT2D eigenvalue weighted by atomic mass is 16.7. The molecule has 2 nitrogen and oxygen atoms in total. The third-order valence-corrected chi connectivity index (χ3v) is 1.48. The molecule has 0 aliphatic carbocycles. The Bertz CT molecular complexity index is 264. The largest absolute Gasteiger partial charge is 0.462 e. The van der Waals surface area contributed by atoms with Crippen molar-refractivity contribution in [3.8, 4) is 11.8 Å². The summed E-state index contributed by atoms with van der Waals surface area (Å²) in [5, 5.41) is 0. The lowest BCUT2D eigenvalue weighted by atomic mass is 10.4. The number of ether oxygens (including phenoxy) is 2. The van der Waals surface area contributed by atoms with Gasteiger partial charge in [0.25, 0.3) is 0 Å². The highest BCUT2D eigenvalue weighted by Gasteiger charge is 1.90. The van der Waals surface area contributed by atoms with Gasteiger partial charge in [0.2, 0.25) is 6.79 Å². The summed E-state index contributed by atoms with van der Waals surface area (Å²) < 4.78 is 10.5. The summed E-state index contributed by atoms with van der Waals surface area (Å²) in [6.07, 6.45) is 4.71. The van der Waals surface area contributed by atoms with Gasteiger partial charge in [-0.1, -0.05) is 12.8 Å². The van der Waals surface area contributed by atoms with Crippen molar-refractivity contribution in [3.63, 3.8) is 0 Å². The molecule has 0 aromatic heterocycles. The summed E-state index contributed by atoms with van der Waals surface area (Å²) in [5.41, 5.74) is 0. The van der Waals surface area contributed by atoms with Crippen LogP contribution < -0.4 is 0 Å². The molecular formula is C12H18O2. The summed E-state index contributed by atoms with van der Waals surface area (Å²) in [6, 6.07) is 0. The van der Waals surface area contributed by atoms with Crippen molar-refractivity contribution in [2.75, 3.05) is 6.79 Å². The molecule has 0 fully saturated rings. The van der Waals surface area contributed by atoms with Crippen LogP contribution in [0.15, 0.2) is 23.7 Å². The monoisotopic (exact) mass is 194 g/mol. The summed E-state index contributed by atoms with van der Waals surface area (Å²) >= 11 is 0. The van der Waals surface area contributed by atoms with Crippen LogP contribution in [0.4, 0.5) is 0 Å². The second-order valence-corrected chi connectivity index (χ2v) is 2.78. The predicted molar refractivity (Wildman–Crippen MR) is 58.3 cm³/mol. The topological polar surface area (TPSA) is 18.5 Å². The van der Waals surface area contributed by atoms with Gasteiger partial charge in [0, 0.05) is 6.08 Å². The molecule has 0 aromatic carbocycles. The molecule has 14 heavy (non-hydrogen) atoms. The van der Waals surface area contributed by atoms with Crippen molar-refractivity contribution < 1.29 is 9.47 Å². The van der Waals surface area contributed by atoms with E-state index >= 15 is 0 Å². The third-order valence-electron chi connectivity index (χ3n) is 1.48. The standard InChI is InChI=1S/C12H18O2/c1-5-7-9-12(4)14-10-13-11(3)8-6-2/h8-9H,6,10H2,1-4H3/b11-8+,12-9+. The van der Waals surface area contributed by atoms with Crippen LogP contribution in [0.3, 0.4) is 0 Å². The molecule has 0 aliphatic rings. The lowest BCUT2D eigenvalue weighted by Crippen LogP contribution is -1.96. The maximum absolute atomic E-state index is 5.28. The molecule has 0 saturated heterocycles. The molecule has 0 atom stereocenters. The average Bonchev–Trinajstić information content (AvgIpc) is 2.15. The Kier molecular flexibility index (Phi) is 7.45. The van der Waals surface area contributed by atoms with Crippen LogP contribution in [0, 0.1) is 11.8 Å². The van der Waals surface area contributed by atoms with E-state index in [0.29, 0.717) is 0 Å². The van der Waals surface area contributed by atoms with Crippen LogP contribution in [-0.2, 0) is 9.47 Å². The van der Waals surface area contributed by atoms with E-state index in [4.69, 9.17) is 9.47 Å². The van der Waals surface area contributed by atoms with Crippen LogP contribution in [0.2, 0.25) is 0 Å². The van der Waals surface area contributed by atoms with E-state index < -0.39 is 0 Å². The molecule has 0 unspecified atom stereocenters. The van der Waals surface area contributed by atoms with Gasteiger partial charge in [0.15, 0.2) is 0 Å². The van der Waals surface area contributed by atoms with Gasteiger partial charge in [-0.25, -0.2) is 0 Å². The first kappa shape index (κ1) is 12.6. The van der Waals surface area contributed by atoms with Crippen molar-refractivity contribution in [3.05, 3.63) is 23.7 Å². The Balaban J connectivity index is 3.72. The number of hydrogen-bond donors (Lipinski definition) is 0. The number of allylic oxidation sites excluding steroid dienone is 4. The maximum Gasteiger partial charge on any atom is 0.229 e. The van der Waals surface area contributed by atoms with Crippen molar-refractivity contribution in [1.29, 1.82) is 0 Å². The summed E-state index contributed by atoms with van der Waals surface area (Å²) in [5.74, 6) is 7.22. The molecule has 78 valence electrons. The second kappa shape index (κ2) is 8.25. The number of rotatable bonds is 5. The van der Waals surface area contributed by atoms with Gasteiger partial charge in [-0.15, -0.1) is 5.92 Å². The second-order valence-electron chi connectivity index (χ2n) is 2.78. The Morgan fingerprint density at radius 2 is 1.86 bits per heavy atom. The molecule has 0 heterocycles. The average molecular weight is 194 g/mol. The molecule has 0 N–H and O–H groups in total. The molecule has 0 amide bonds. The van der Waals surface area contributed by atoms with E-state index in [-0.39, 0.29) is 6.79 Å². The first-order chi connectivity index (χ1) is 6.70. The molecule has 0 radical (unpaired) electrons. The quantitative estimate of drug-likeness (QED) is 0.380. The third kappa shape index (κ3) is 7.30. The van der Waals surface area contributed by atoms with Crippen molar-refractivity contribution in [2.45, 2.75) is 34.1 Å². The van der Waals surface area contributed by atoms with Gasteiger partial charge in [0.05, 0.1) is 5.76 Å². The minimum Gasteiger partial charge on any atom is -0.462 e. The zero-order valence-electron chi connectivity index (χ0n) is 9.39. The van der Waals surface area contributed by atoms with E-state index in [9.17, 15) is 0 Å². The minimum absolute atomic E-state index is 0.246. The molecule has 0 spiro atoms. The molecule has 0 bridgehead atoms. The Labute approximate surface area is 86.6 Å². The summed E-state index contributed by atoms with van der Waals surface area (Å²) in [7, 11) is 0. The first-order valence-electron chi connectivity index (χ1n) is 4.72. The van der Waals surface area contributed by atoms with Gasteiger partial charge < -0.3 is 9.47 Å².